The van der Waals surface area contributed by atoms with Crippen molar-refractivity contribution >= 4 is 16.9 Å². The van der Waals surface area contributed by atoms with Crippen LogP contribution in [0.4, 0.5) is 0 Å². The molecule has 25 heavy (non-hydrogen) atoms. The van der Waals surface area contributed by atoms with Gasteiger partial charge >= 0.3 is 0 Å². The number of aryl methyl sites for hydroxylation is 1. The van der Waals surface area contributed by atoms with Crippen molar-refractivity contribution in [1.29, 1.82) is 0 Å². The van der Waals surface area contributed by atoms with Gasteiger partial charge in [0, 0.05) is 26.2 Å². The lowest BCUT2D eigenvalue weighted by molar-refractivity contribution is -0.126. The van der Waals surface area contributed by atoms with E-state index in [4.69, 9.17) is 4.74 Å². The first-order valence-electron chi connectivity index (χ1n) is 9.10. The molecule has 2 aromatic rings. The fourth-order valence-corrected chi connectivity index (χ4v) is 3.39. The van der Waals surface area contributed by atoms with Crippen LogP contribution in [0.2, 0.25) is 0 Å². The normalized spacial score (nSPS) is 16.4. The second-order valence-corrected chi connectivity index (χ2v) is 6.89. The summed E-state index contributed by atoms with van der Waals surface area (Å²) in [4.78, 5) is 22.6. The van der Waals surface area contributed by atoms with Gasteiger partial charge in [0.25, 0.3) is 0 Å². The highest BCUT2D eigenvalue weighted by atomic mass is 16.5. The highest BCUT2D eigenvalue weighted by Crippen LogP contribution is 2.20. The highest BCUT2D eigenvalue weighted by Gasteiger charge is 2.25. The Morgan fingerprint density at radius 1 is 1.40 bits per heavy atom. The number of carbonyl (C=O) groups excluding carboxylic acids is 1. The van der Waals surface area contributed by atoms with Crippen molar-refractivity contribution in [3.63, 3.8) is 0 Å². The van der Waals surface area contributed by atoms with Gasteiger partial charge in [-0.15, -0.1) is 0 Å². The zero-order valence-corrected chi connectivity index (χ0v) is 15.2. The highest BCUT2D eigenvalue weighted by molar-refractivity contribution is 5.78. The minimum atomic E-state index is 0.136. The van der Waals surface area contributed by atoms with E-state index in [1.165, 1.54) is 5.56 Å². The fourth-order valence-electron chi connectivity index (χ4n) is 3.39. The Morgan fingerprint density at radius 2 is 2.20 bits per heavy atom. The summed E-state index contributed by atoms with van der Waals surface area (Å²) in [5.41, 5.74) is 3.35. The molecule has 1 saturated heterocycles. The van der Waals surface area contributed by atoms with E-state index in [0.717, 1.165) is 55.8 Å². The quantitative estimate of drug-likeness (QED) is 0.756. The Balaban J connectivity index is 1.46. The van der Waals surface area contributed by atoms with E-state index in [0.29, 0.717) is 13.2 Å². The Kier molecular flexibility index (Phi) is 6.04. The number of aromatic amines is 1. The number of carbonyl (C=O) groups is 1. The molecule has 0 saturated carbocycles. The molecule has 0 aliphatic carbocycles. The molecular formula is C19H28N4O2. The number of fused-ring (bicyclic) bond motifs is 1. The molecule has 1 aromatic carbocycles. The zero-order chi connectivity index (χ0) is 17.6. The molecule has 0 unspecified atom stereocenters. The molecule has 0 radical (unpaired) electrons. The first kappa shape index (κ1) is 17.9. The van der Waals surface area contributed by atoms with Crippen LogP contribution in [-0.2, 0) is 16.1 Å². The molecule has 1 aliphatic rings. The Labute approximate surface area is 149 Å². The van der Waals surface area contributed by atoms with Gasteiger partial charge in [-0.05, 0) is 57.0 Å². The van der Waals surface area contributed by atoms with E-state index in [2.05, 4.69) is 45.3 Å². The molecule has 1 fully saturated rings. The van der Waals surface area contributed by atoms with E-state index < -0.39 is 0 Å². The lowest BCUT2D eigenvalue weighted by atomic mass is 9.96. The molecule has 136 valence electrons. The van der Waals surface area contributed by atoms with Gasteiger partial charge in [-0.25, -0.2) is 4.98 Å². The van der Waals surface area contributed by atoms with Gasteiger partial charge in [-0.3, -0.25) is 9.69 Å². The number of H-pyrrole nitrogens is 1. The number of ether oxygens (including phenoxy) is 1. The van der Waals surface area contributed by atoms with Crippen LogP contribution >= 0.6 is 0 Å². The first-order valence-corrected chi connectivity index (χ1v) is 9.10. The summed E-state index contributed by atoms with van der Waals surface area (Å²) >= 11 is 0. The molecule has 6 nitrogen and oxygen atoms in total. The number of aromatic nitrogens is 2. The molecule has 0 bridgehead atoms. The number of hydrogen-bond acceptors (Lipinski definition) is 4. The van der Waals surface area contributed by atoms with Crippen LogP contribution in [0.15, 0.2) is 18.2 Å². The number of imidazole rings is 1. The summed E-state index contributed by atoms with van der Waals surface area (Å²) in [6.07, 6.45) is 2.69. The van der Waals surface area contributed by atoms with Gasteiger partial charge in [-0.1, -0.05) is 6.07 Å². The van der Waals surface area contributed by atoms with Crippen molar-refractivity contribution in [2.75, 3.05) is 33.4 Å². The Morgan fingerprint density at radius 3 is 2.96 bits per heavy atom. The molecule has 3 rings (SSSR count). The van der Waals surface area contributed by atoms with Gasteiger partial charge in [0.1, 0.15) is 5.82 Å². The zero-order valence-electron chi connectivity index (χ0n) is 15.2. The maximum absolute atomic E-state index is 12.2. The third-order valence-electron chi connectivity index (χ3n) is 4.84. The maximum atomic E-state index is 12.2. The summed E-state index contributed by atoms with van der Waals surface area (Å²) in [6, 6.07) is 6.28. The maximum Gasteiger partial charge on any atom is 0.223 e. The fraction of sp³-hybridized carbons (Fsp3) is 0.579. The number of piperidine rings is 1. The van der Waals surface area contributed by atoms with E-state index in [-0.39, 0.29) is 11.8 Å². The van der Waals surface area contributed by atoms with Crippen LogP contribution in [0, 0.1) is 12.8 Å². The molecule has 1 amide bonds. The van der Waals surface area contributed by atoms with Crippen molar-refractivity contribution in [2.24, 2.45) is 5.92 Å². The largest absolute Gasteiger partial charge is 0.385 e. The molecule has 6 heteroatoms. The summed E-state index contributed by atoms with van der Waals surface area (Å²) in [5, 5.41) is 3.02. The van der Waals surface area contributed by atoms with Gasteiger partial charge in [-0.2, -0.15) is 0 Å². The third-order valence-corrected chi connectivity index (χ3v) is 4.84. The molecule has 0 atom stereocenters. The SMILES string of the molecule is COCCCNC(=O)C1CCN(Cc2nc3ccc(C)cc3[nH]2)CC1. The smallest absolute Gasteiger partial charge is 0.223 e. The van der Waals surface area contributed by atoms with Crippen LogP contribution in [0.5, 0.6) is 0 Å². The summed E-state index contributed by atoms with van der Waals surface area (Å²) in [5.74, 6) is 1.33. The number of nitrogens with one attached hydrogen (secondary N) is 2. The molecule has 2 N–H and O–H groups in total. The van der Waals surface area contributed by atoms with Crippen molar-refractivity contribution in [2.45, 2.75) is 32.7 Å². The predicted octanol–water partition coefficient (Wildman–Crippen LogP) is 2.24. The molecule has 0 spiro atoms. The van der Waals surface area contributed by atoms with Crippen LogP contribution < -0.4 is 5.32 Å². The molecule has 1 aromatic heterocycles. The minimum absolute atomic E-state index is 0.136. The van der Waals surface area contributed by atoms with Crippen LogP contribution in [0.1, 0.15) is 30.7 Å². The van der Waals surface area contributed by atoms with Crippen molar-refractivity contribution in [3.8, 4) is 0 Å². The first-order chi connectivity index (χ1) is 12.2. The number of benzene rings is 1. The molecular weight excluding hydrogens is 316 g/mol. The predicted molar refractivity (Wildman–Crippen MR) is 98.3 cm³/mol. The average molecular weight is 344 g/mol. The second-order valence-electron chi connectivity index (χ2n) is 6.89. The van der Waals surface area contributed by atoms with Gasteiger partial charge in [0.05, 0.1) is 17.6 Å². The standard InChI is InChI=1S/C19H28N4O2/c1-14-4-5-16-17(12-14)22-18(21-16)13-23-9-6-15(7-10-23)19(24)20-8-3-11-25-2/h4-5,12,15H,3,6-11,13H2,1-2H3,(H,20,24)(H,21,22). The summed E-state index contributed by atoms with van der Waals surface area (Å²) < 4.78 is 5.00. The summed E-state index contributed by atoms with van der Waals surface area (Å²) in [6.45, 7) is 6.17. The third kappa shape index (κ3) is 4.80. The van der Waals surface area contributed by atoms with Crippen molar-refractivity contribution in [3.05, 3.63) is 29.6 Å². The van der Waals surface area contributed by atoms with Gasteiger partial charge in [0.15, 0.2) is 0 Å². The number of rotatable bonds is 7. The van der Waals surface area contributed by atoms with Crippen LogP contribution in [0.25, 0.3) is 11.0 Å². The average Bonchev–Trinajstić information content (AvgIpc) is 3.00. The number of amides is 1. The number of likely N-dealkylation sites (tertiary alicyclic amines) is 1. The minimum Gasteiger partial charge on any atom is -0.385 e. The van der Waals surface area contributed by atoms with Crippen molar-refractivity contribution in [1.82, 2.24) is 20.2 Å². The lowest BCUT2D eigenvalue weighted by Gasteiger charge is -2.30. The monoisotopic (exact) mass is 344 g/mol. The van der Waals surface area contributed by atoms with E-state index in [1.54, 1.807) is 7.11 Å². The Hall–Kier alpha value is -1.92. The molecule has 1 aliphatic heterocycles. The Bertz CT molecular complexity index is 705. The van der Waals surface area contributed by atoms with Gasteiger partial charge < -0.3 is 15.0 Å². The van der Waals surface area contributed by atoms with Crippen molar-refractivity contribution < 1.29 is 9.53 Å². The van der Waals surface area contributed by atoms with Gasteiger partial charge in [0.2, 0.25) is 5.91 Å². The number of hydrogen-bond donors (Lipinski definition) is 2. The van der Waals surface area contributed by atoms with Crippen LogP contribution in [0.3, 0.4) is 0 Å². The van der Waals surface area contributed by atoms with E-state index in [1.807, 2.05) is 0 Å². The number of methoxy groups -OCH3 is 1. The molecule has 2 heterocycles. The lowest BCUT2D eigenvalue weighted by Crippen LogP contribution is -2.40. The van der Waals surface area contributed by atoms with Crippen LogP contribution in [-0.4, -0.2) is 54.1 Å². The topological polar surface area (TPSA) is 70.2 Å². The summed E-state index contributed by atoms with van der Waals surface area (Å²) in [7, 11) is 1.68. The second kappa shape index (κ2) is 8.45. The van der Waals surface area contributed by atoms with E-state index >= 15 is 0 Å². The number of nitrogens with zero attached hydrogens (tertiary/aromatic N) is 2. The van der Waals surface area contributed by atoms with E-state index in [9.17, 15) is 4.79 Å².